The summed E-state index contributed by atoms with van der Waals surface area (Å²) < 4.78 is 62.1. The first-order chi connectivity index (χ1) is 9.01. The normalized spacial score (nSPS) is 12.1. The minimum atomic E-state index is -4.74. The Morgan fingerprint density at radius 2 is 1.52 bits per heavy atom. The summed E-state index contributed by atoms with van der Waals surface area (Å²) in [6.07, 6.45) is 0. The van der Waals surface area contributed by atoms with Crippen molar-refractivity contribution in [2.45, 2.75) is 9.79 Å². The molecule has 0 radical (unpaired) electrons. The van der Waals surface area contributed by atoms with E-state index in [9.17, 15) is 21.9 Å². The van der Waals surface area contributed by atoms with E-state index in [0.29, 0.717) is 0 Å². The monoisotopic (exact) mass is 342 g/mol. The van der Waals surface area contributed by atoms with Gasteiger partial charge < -0.3 is 10.8 Å². The first kappa shape index (κ1) is 18.2. The Morgan fingerprint density at radius 3 is 2.00 bits per heavy atom. The maximum atomic E-state index is 11.1. The molecular weight excluding hydrogens is 333 g/mol. The Kier molecular flexibility index (Phi) is 4.95. The summed E-state index contributed by atoms with van der Waals surface area (Å²) in [5.74, 6) is -0.834. The number of benzene rings is 2. The van der Waals surface area contributed by atoms with Gasteiger partial charge >= 0.3 is 29.6 Å². The summed E-state index contributed by atoms with van der Waals surface area (Å²) in [5, 5.41) is 9.81. The van der Waals surface area contributed by atoms with E-state index in [-0.39, 0.29) is 46.0 Å². The van der Waals surface area contributed by atoms with Crippen LogP contribution in [0.1, 0.15) is 0 Å². The third-order valence-electron chi connectivity index (χ3n) is 2.66. The molecule has 0 amide bonds. The molecule has 0 saturated carbocycles. The summed E-state index contributed by atoms with van der Waals surface area (Å²) in [7, 11) is -9.22. The summed E-state index contributed by atoms with van der Waals surface area (Å²) in [4.78, 5) is -1.33. The Labute approximate surface area is 142 Å². The molecule has 0 aliphatic rings. The molecule has 0 heterocycles. The fraction of sp³-hybridized carbons (Fsp3) is 0. The number of phenolic OH excluding ortho intramolecular Hbond substituents is 1. The second-order valence-corrected chi connectivity index (χ2v) is 6.78. The number of rotatable bonds is 2. The fourth-order valence-corrected chi connectivity index (χ4v) is 2.88. The second kappa shape index (κ2) is 5.72. The van der Waals surface area contributed by atoms with Crippen molar-refractivity contribution >= 4 is 36.7 Å². The molecule has 0 fully saturated rings. The van der Waals surface area contributed by atoms with E-state index in [4.69, 9.17) is 14.8 Å². The van der Waals surface area contributed by atoms with Crippen molar-refractivity contribution in [3.63, 3.8) is 0 Å². The van der Waals surface area contributed by atoms with Crippen LogP contribution in [0.4, 0.5) is 5.69 Å². The topological polar surface area (TPSA) is 155 Å². The van der Waals surface area contributed by atoms with Gasteiger partial charge in [0.25, 0.3) is 20.2 Å². The van der Waals surface area contributed by atoms with Crippen molar-refractivity contribution in [3.05, 3.63) is 24.3 Å². The van der Waals surface area contributed by atoms with E-state index in [2.05, 4.69) is 0 Å². The van der Waals surface area contributed by atoms with E-state index in [1.807, 2.05) is 0 Å². The predicted molar refractivity (Wildman–Crippen MR) is 69.7 cm³/mol. The number of aromatic hydroxyl groups is 1. The summed E-state index contributed by atoms with van der Waals surface area (Å²) in [5.41, 5.74) is 5.20. The minimum absolute atomic E-state index is 0. The molecule has 21 heavy (non-hydrogen) atoms. The van der Waals surface area contributed by atoms with Gasteiger partial charge in [-0.05, 0) is 23.6 Å². The zero-order chi connectivity index (χ0) is 15.3. The van der Waals surface area contributed by atoms with E-state index >= 15 is 0 Å². The molecule has 0 aliphatic heterocycles. The Morgan fingerprint density at radius 1 is 0.952 bits per heavy atom. The SMILES string of the molecule is Nc1c(O)c(S(=O)(=O)O)cc2cc(S(=O)(=O)O)ccc12.[Na+]. The standard InChI is InChI=1S/C10H9NO7S2.Na/c11-9-7-2-1-6(19(13,14)15)3-5(7)4-8(10(9)12)20(16,17)18;/h1-4,12H,11H2,(H,13,14,15)(H,16,17,18);/q;+1. The average molecular weight is 342 g/mol. The molecule has 0 aliphatic carbocycles. The van der Waals surface area contributed by atoms with Gasteiger partial charge in [-0.3, -0.25) is 9.11 Å². The molecule has 2 aromatic rings. The van der Waals surface area contributed by atoms with Crippen LogP contribution in [-0.2, 0) is 20.2 Å². The summed E-state index contributed by atoms with van der Waals surface area (Å²) in [6, 6.07) is 4.06. The first-order valence-electron chi connectivity index (χ1n) is 5.02. The van der Waals surface area contributed by atoms with Gasteiger partial charge in [-0.15, -0.1) is 0 Å². The molecule has 0 bridgehead atoms. The smallest absolute Gasteiger partial charge is 0.504 e. The van der Waals surface area contributed by atoms with Crippen LogP contribution in [0, 0.1) is 0 Å². The maximum Gasteiger partial charge on any atom is 1.00 e. The number of phenols is 1. The second-order valence-electron chi connectivity index (χ2n) is 3.97. The molecule has 0 saturated heterocycles. The van der Waals surface area contributed by atoms with E-state index < -0.39 is 35.8 Å². The van der Waals surface area contributed by atoms with Crippen molar-refractivity contribution in [2.75, 3.05) is 5.73 Å². The van der Waals surface area contributed by atoms with E-state index in [1.54, 1.807) is 0 Å². The first-order valence-corrected chi connectivity index (χ1v) is 7.90. The van der Waals surface area contributed by atoms with Gasteiger partial charge in [0.05, 0.1) is 10.6 Å². The number of fused-ring (bicyclic) bond motifs is 1. The van der Waals surface area contributed by atoms with Crippen molar-refractivity contribution in [1.82, 2.24) is 0 Å². The molecule has 0 unspecified atom stereocenters. The van der Waals surface area contributed by atoms with Gasteiger partial charge in [-0.25, -0.2) is 0 Å². The molecular formula is C10H9NNaO7S2+. The van der Waals surface area contributed by atoms with Gasteiger partial charge in [-0.2, -0.15) is 16.8 Å². The van der Waals surface area contributed by atoms with E-state index in [0.717, 1.165) is 18.2 Å². The molecule has 0 atom stereocenters. The van der Waals surface area contributed by atoms with Gasteiger partial charge in [0.2, 0.25) is 0 Å². The van der Waals surface area contributed by atoms with Crippen molar-refractivity contribution in [1.29, 1.82) is 0 Å². The van der Waals surface area contributed by atoms with Crippen molar-refractivity contribution in [2.24, 2.45) is 0 Å². The van der Waals surface area contributed by atoms with Crippen LogP contribution in [0.3, 0.4) is 0 Å². The predicted octanol–water partition coefficient (Wildman–Crippen LogP) is -2.37. The van der Waals surface area contributed by atoms with Gasteiger partial charge in [-0.1, -0.05) is 6.07 Å². The third-order valence-corrected chi connectivity index (χ3v) is 4.38. The fourth-order valence-electron chi connectivity index (χ4n) is 1.73. The Bertz CT molecular complexity index is 922. The zero-order valence-electron chi connectivity index (χ0n) is 10.7. The summed E-state index contributed by atoms with van der Waals surface area (Å²) in [6.45, 7) is 0. The van der Waals surface area contributed by atoms with Crippen LogP contribution in [-0.4, -0.2) is 31.0 Å². The number of nitrogens with two attached hydrogens (primary N) is 1. The van der Waals surface area contributed by atoms with Crippen LogP contribution < -0.4 is 35.3 Å². The Hall–Kier alpha value is -0.880. The average Bonchev–Trinajstić information content (AvgIpc) is 2.30. The third kappa shape index (κ3) is 3.48. The Balaban J connectivity index is 0.00000220. The van der Waals surface area contributed by atoms with Crippen LogP contribution in [0.5, 0.6) is 5.75 Å². The number of hydrogen-bond donors (Lipinski definition) is 4. The summed E-state index contributed by atoms with van der Waals surface area (Å²) >= 11 is 0. The quantitative estimate of drug-likeness (QED) is 0.204. The maximum absolute atomic E-state index is 11.1. The van der Waals surface area contributed by atoms with Crippen LogP contribution in [0.25, 0.3) is 10.8 Å². The largest absolute Gasteiger partial charge is 1.00 e. The molecule has 2 rings (SSSR count). The number of nitrogen functional groups attached to an aromatic ring is 1. The zero-order valence-corrected chi connectivity index (χ0v) is 14.3. The number of anilines is 1. The molecule has 2 aromatic carbocycles. The van der Waals surface area contributed by atoms with Crippen LogP contribution in [0.2, 0.25) is 0 Å². The molecule has 5 N–H and O–H groups in total. The van der Waals surface area contributed by atoms with Crippen LogP contribution in [0.15, 0.2) is 34.1 Å². The molecule has 0 aromatic heterocycles. The molecule has 8 nitrogen and oxygen atoms in total. The molecule has 11 heteroatoms. The minimum Gasteiger partial charge on any atom is -0.504 e. The number of hydrogen-bond acceptors (Lipinski definition) is 6. The molecule has 0 spiro atoms. The van der Waals surface area contributed by atoms with Gasteiger partial charge in [0, 0.05) is 5.39 Å². The van der Waals surface area contributed by atoms with Gasteiger partial charge in [0.1, 0.15) is 4.90 Å². The van der Waals surface area contributed by atoms with Crippen molar-refractivity contribution < 1.29 is 60.6 Å². The van der Waals surface area contributed by atoms with Gasteiger partial charge in [0.15, 0.2) is 5.75 Å². The van der Waals surface area contributed by atoms with E-state index in [1.165, 1.54) is 6.07 Å². The van der Waals surface area contributed by atoms with Crippen molar-refractivity contribution in [3.8, 4) is 5.75 Å². The van der Waals surface area contributed by atoms with Crippen LogP contribution >= 0.6 is 0 Å². The molecule has 108 valence electrons.